The van der Waals surface area contributed by atoms with E-state index in [1.165, 1.54) is 23.1 Å². The molecule has 3 rings (SSSR count). The number of nitrogens with one attached hydrogen (secondary N) is 1. The van der Waals surface area contributed by atoms with E-state index in [2.05, 4.69) is 25.5 Å². The zero-order valence-corrected chi connectivity index (χ0v) is 15.4. The summed E-state index contributed by atoms with van der Waals surface area (Å²) in [7, 11) is 0. The third-order valence-corrected chi connectivity index (χ3v) is 3.87. The van der Waals surface area contributed by atoms with Crippen LogP contribution in [0.5, 0.6) is 0 Å². The van der Waals surface area contributed by atoms with E-state index < -0.39 is 24.5 Å². The first-order valence-corrected chi connectivity index (χ1v) is 8.38. The summed E-state index contributed by atoms with van der Waals surface area (Å²) in [5.74, 6) is 0.326. The maximum Gasteiger partial charge on any atom is 0.411 e. The van der Waals surface area contributed by atoms with Gasteiger partial charge in [0, 0.05) is 30.2 Å². The largest absolute Gasteiger partial charge is 0.411 e. The van der Waals surface area contributed by atoms with Gasteiger partial charge in [0.1, 0.15) is 11.6 Å². The van der Waals surface area contributed by atoms with Crippen molar-refractivity contribution in [2.45, 2.75) is 39.4 Å². The highest BCUT2D eigenvalue weighted by Gasteiger charge is 2.42. The number of aryl methyl sites for hydroxylation is 3. The molecule has 8 nitrogen and oxygen atoms in total. The van der Waals surface area contributed by atoms with Crippen LogP contribution >= 0.6 is 0 Å². The third kappa shape index (κ3) is 4.35. The zero-order chi connectivity index (χ0) is 20.5. The molecule has 148 valence electrons. The van der Waals surface area contributed by atoms with E-state index >= 15 is 0 Å². The number of carbonyl (C=O) groups excluding carboxylic acids is 1. The Kier molecular flexibility index (Phi) is 5.16. The molecule has 0 bridgehead atoms. The zero-order valence-electron chi connectivity index (χ0n) is 15.4. The number of halogens is 3. The van der Waals surface area contributed by atoms with E-state index in [1.807, 2.05) is 0 Å². The molecule has 1 amide bonds. The van der Waals surface area contributed by atoms with Crippen LogP contribution in [0.4, 0.5) is 19.0 Å². The summed E-state index contributed by atoms with van der Waals surface area (Å²) < 4.78 is 42.1. The highest BCUT2D eigenvalue weighted by molar-refractivity contribution is 5.90. The predicted octanol–water partition coefficient (Wildman–Crippen LogP) is 2.92. The Morgan fingerprint density at radius 2 is 1.93 bits per heavy atom. The van der Waals surface area contributed by atoms with Crippen LogP contribution in [0.25, 0.3) is 5.82 Å². The van der Waals surface area contributed by atoms with Gasteiger partial charge in [0.15, 0.2) is 11.9 Å². The molecular formula is C17H18F3N7O. The average Bonchev–Trinajstić information content (AvgIpc) is 3.20. The summed E-state index contributed by atoms with van der Waals surface area (Å²) in [5.41, 5.74) is 1.27. The molecule has 3 heterocycles. The standard InChI is InChI=1S/C17H18F3N7O/c1-10-7-14(23-12(3)22-10)27-15(8-11(2)25-27)24-16(28)9-13(17(18,19)20)26-6-4-5-21-26/h4-8,13H,9H2,1-3H3,(H,24,28). The lowest BCUT2D eigenvalue weighted by Gasteiger charge is -2.20. The number of anilines is 1. The summed E-state index contributed by atoms with van der Waals surface area (Å²) in [6, 6.07) is 2.52. The highest BCUT2D eigenvalue weighted by atomic mass is 19.4. The van der Waals surface area contributed by atoms with Gasteiger partial charge >= 0.3 is 6.18 Å². The minimum atomic E-state index is -4.62. The van der Waals surface area contributed by atoms with Gasteiger partial charge < -0.3 is 5.32 Å². The molecule has 0 aliphatic carbocycles. The van der Waals surface area contributed by atoms with Crippen molar-refractivity contribution in [3.8, 4) is 5.82 Å². The van der Waals surface area contributed by atoms with Gasteiger partial charge in [-0.05, 0) is 26.8 Å². The number of alkyl halides is 3. The molecule has 0 aromatic carbocycles. The Bertz CT molecular complexity index is 959. The second kappa shape index (κ2) is 7.41. The van der Waals surface area contributed by atoms with Crippen LogP contribution < -0.4 is 5.32 Å². The summed E-state index contributed by atoms with van der Waals surface area (Å²) in [6.07, 6.45) is -3.04. The fourth-order valence-corrected chi connectivity index (χ4v) is 2.76. The number of aromatic nitrogens is 6. The minimum Gasteiger partial charge on any atom is -0.310 e. The Balaban J connectivity index is 1.85. The Morgan fingerprint density at radius 1 is 1.18 bits per heavy atom. The van der Waals surface area contributed by atoms with E-state index in [0.29, 0.717) is 23.0 Å². The van der Waals surface area contributed by atoms with E-state index in [-0.39, 0.29) is 5.82 Å². The monoisotopic (exact) mass is 393 g/mol. The van der Waals surface area contributed by atoms with Crippen molar-refractivity contribution in [3.05, 3.63) is 47.8 Å². The lowest BCUT2D eigenvalue weighted by Crippen LogP contribution is -2.31. The molecule has 0 fully saturated rings. The van der Waals surface area contributed by atoms with Crippen molar-refractivity contribution < 1.29 is 18.0 Å². The first kappa shape index (κ1) is 19.5. The van der Waals surface area contributed by atoms with Crippen molar-refractivity contribution >= 4 is 11.7 Å². The van der Waals surface area contributed by atoms with Crippen LogP contribution in [0.2, 0.25) is 0 Å². The lowest BCUT2D eigenvalue weighted by atomic mass is 10.2. The Labute approximate surface area is 158 Å². The van der Waals surface area contributed by atoms with Crippen LogP contribution in [0.3, 0.4) is 0 Å². The molecule has 3 aromatic heterocycles. The van der Waals surface area contributed by atoms with Crippen LogP contribution in [-0.4, -0.2) is 41.6 Å². The van der Waals surface area contributed by atoms with Gasteiger partial charge in [0.05, 0.1) is 12.1 Å². The van der Waals surface area contributed by atoms with Gasteiger partial charge in [-0.15, -0.1) is 0 Å². The van der Waals surface area contributed by atoms with Crippen molar-refractivity contribution in [3.63, 3.8) is 0 Å². The van der Waals surface area contributed by atoms with E-state index in [1.54, 1.807) is 32.9 Å². The molecule has 0 saturated carbocycles. The third-order valence-electron chi connectivity index (χ3n) is 3.87. The van der Waals surface area contributed by atoms with Gasteiger partial charge in [0.2, 0.25) is 5.91 Å². The van der Waals surface area contributed by atoms with Gasteiger partial charge in [-0.2, -0.15) is 28.1 Å². The lowest BCUT2D eigenvalue weighted by molar-refractivity contribution is -0.174. The summed E-state index contributed by atoms with van der Waals surface area (Å²) in [5, 5.41) is 10.4. The molecule has 0 spiro atoms. The number of amides is 1. The molecule has 1 N–H and O–H groups in total. The number of hydrogen-bond donors (Lipinski definition) is 1. The molecule has 1 atom stereocenters. The van der Waals surface area contributed by atoms with Crippen molar-refractivity contribution in [1.29, 1.82) is 0 Å². The first-order valence-electron chi connectivity index (χ1n) is 8.38. The summed E-state index contributed by atoms with van der Waals surface area (Å²) >= 11 is 0. The quantitative estimate of drug-likeness (QED) is 0.720. The molecular weight excluding hydrogens is 375 g/mol. The number of rotatable bonds is 5. The topological polar surface area (TPSA) is 90.5 Å². The minimum absolute atomic E-state index is 0.224. The van der Waals surface area contributed by atoms with Crippen LogP contribution in [-0.2, 0) is 4.79 Å². The van der Waals surface area contributed by atoms with Gasteiger partial charge in [-0.25, -0.2) is 9.97 Å². The van der Waals surface area contributed by atoms with Gasteiger partial charge in [-0.3, -0.25) is 9.48 Å². The van der Waals surface area contributed by atoms with E-state index in [4.69, 9.17) is 0 Å². The fourth-order valence-electron chi connectivity index (χ4n) is 2.76. The average molecular weight is 393 g/mol. The first-order chi connectivity index (χ1) is 13.1. The number of nitrogens with zero attached hydrogens (tertiary/aromatic N) is 6. The molecule has 3 aromatic rings. The van der Waals surface area contributed by atoms with Crippen molar-refractivity contribution in [2.75, 3.05) is 5.32 Å². The fraction of sp³-hybridized carbons (Fsp3) is 0.353. The van der Waals surface area contributed by atoms with Gasteiger partial charge in [0.25, 0.3) is 0 Å². The molecule has 0 saturated heterocycles. The molecule has 11 heteroatoms. The summed E-state index contributed by atoms with van der Waals surface area (Å²) in [6.45, 7) is 5.20. The SMILES string of the molecule is Cc1cc(-n2nc(C)cc2NC(=O)CC(n2cccn2)C(F)(F)F)nc(C)n1. The van der Waals surface area contributed by atoms with Crippen LogP contribution in [0, 0.1) is 20.8 Å². The molecule has 0 radical (unpaired) electrons. The second-order valence-electron chi connectivity index (χ2n) is 6.29. The molecule has 0 aliphatic heterocycles. The van der Waals surface area contributed by atoms with Crippen molar-refractivity contribution in [2.24, 2.45) is 0 Å². The van der Waals surface area contributed by atoms with Crippen molar-refractivity contribution in [1.82, 2.24) is 29.5 Å². The van der Waals surface area contributed by atoms with Crippen LogP contribution in [0.15, 0.2) is 30.6 Å². The normalized spacial score (nSPS) is 12.8. The highest BCUT2D eigenvalue weighted by Crippen LogP contribution is 2.33. The smallest absolute Gasteiger partial charge is 0.310 e. The Hall–Kier alpha value is -3.24. The van der Waals surface area contributed by atoms with E-state index in [0.717, 1.165) is 4.68 Å². The number of carbonyl (C=O) groups is 1. The van der Waals surface area contributed by atoms with Gasteiger partial charge in [-0.1, -0.05) is 0 Å². The Morgan fingerprint density at radius 3 is 2.54 bits per heavy atom. The second-order valence-corrected chi connectivity index (χ2v) is 6.29. The summed E-state index contributed by atoms with van der Waals surface area (Å²) in [4.78, 5) is 20.8. The molecule has 0 aliphatic rings. The van der Waals surface area contributed by atoms with Crippen LogP contribution in [0.1, 0.15) is 29.7 Å². The molecule has 1 unspecified atom stereocenters. The maximum absolute atomic E-state index is 13.3. The maximum atomic E-state index is 13.3. The number of hydrogen-bond acceptors (Lipinski definition) is 5. The van der Waals surface area contributed by atoms with E-state index in [9.17, 15) is 18.0 Å². The molecule has 28 heavy (non-hydrogen) atoms. The predicted molar refractivity (Wildman–Crippen MR) is 93.9 cm³/mol.